The van der Waals surface area contributed by atoms with Crippen molar-refractivity contribution in [3.05, 3.63) is 59.7 Å². The Bertz CT molecular complexity index is 858. The summed E-state index contributed by atoms with van der Waals surface area (Å²) in [6.07, 6.45) is 4.28. The number of rotatable bonds is 9. The van der Waals surface area contributed by atoms with Gasteiger partial charge >= 0.3 is 0 Å². The molecular formula is C25H32N2O4. The van der Waals surface area contributed by atoms with Gasteiger partial charge in [0.15, 0.2) is 6.61 Å². The van der Waals surface area contributed by atoms with E-state index in [1.165, 1.54) is 0 Å². The molecule has 2 aromatic carbocycles. The van der Waals surface area contributed by atoms with E-state index in [-0.39, 0.29) is 24.5 Å². The molecule has 166 valence electrons. The lowest BCUT2D eigenvalue weighted by molar-refractivity contribution is -0.142. The topological polar surface area (TPSA) is 67.9 Å². The minimum absolute atomic E-state index is 0.121. The normalized spacial score (nSPS) is 14.7. The van der Waals surface area contributed by atoms with Crippen LogP contribution in [0.1, 0.15) is 43.7 Å². The second kappa shape index (κ2) is 10.8. The Morgan fingerprint density at radius 1 is 1.03 bits per heavy atom. The van der Waals surface area contributed by atoms with Crippen molar-refractivity contribution in [3.63, 3.8) is 0 Å². The zero-order valence-corrected chi connectivity index (χ0v) is 18.6. The Morgan fingerprint density at radius 2 is 1.65 bits per heavy atom. The maximum Gasteiger partial charge on any atom is 0.261 e. The van der Waals surface area contributed by atoms with Crippen LogP contribution in [0.5, 0.6) is 11.5 Å². The number of nitrogens with one attached hydrogen (secondary N) is 1. The second-order valence-electron chi connectivity index (χ2n) is 8.14. The van der Waals surface area contributed by atoms with Gasteiger partial charge in [-0.15, -0.1) is 0 Å². The maximum atomic E-state index is 13.1. The first-order valence-corrected chi connectivity index (χ1v) is 10.9. The first-order valence-electron chi connectivity index (χ1n) is 10.9. The van der Waals surface area contributed by atoms with E-state index in [0.717, 1.165) is 42.6 Å². The summed E-state index contributed by atoms with van der Waals surface area (Å²) in [6, 6.07) is 14.7. The van der Waals surface area contributed by atoms with Crippen molar-refractivity contribution in [1.82, 2.24) is 10.2 Å². The molecule has 1 atom stereocenters. The Balaban J connectivity index is 1.70. The van der Waals surface area contributed by atoms with Crippen LogP contribution in [0, 0.1) is 6.92 Å². The van der Waals surface area contributed by atoms with E-state index >= 15 is 0 Å². The van der Waals surface area contributed by atoms with Crippen LogP contribution in [0.2, 0.25) is 0 Å². The van der Waals surface area contributed by atoms with Gasteiger partial charge in [0.1, 0.15) is 17.5 Å². The molecule has 6 heteroatoms. The highest BCUT2D eigenvalue weighted by atomic mass is 16.5. The predicted octanol–water partition coefficient (Wildman–Crippen LogP) is 3.86. The summed E-state index contributed by atoms with van der Waals surface area (Å²) < 4.78 is 10.9. The van der Waals surface area contributed by atoms with Gasteiger partial charge in [-0.1, -0.05) is 42.7 Å². The number of hydrogen-bond acceptors (Lipinski definition) is 4. The van der Waals surface area contributed by atoms with Crippen molar-refractivity contribution >= 4 is 11.8 Å². The molecule has 0 aromatic heterocycles. The van der Waals surface area contributed by atoms with Crippen LogP contribution in [0.4, 0.5) is 0 Å². The molecule has 2 amide bonds. The molecule has 0 heterocycles. The standard InChI is InChI=1S/C25H32N2O4/c1-18-8-12-23(13-9-18)31-17-24(28)27(16-20-10-14-22(30-3)15-11-20)19(2)25(29)26-21-6-4-5-7-21/h8-15,19,21H,4-7,16-17H2,1-3H3,(H,26,29). The summed E-state index contributed by atoms with van der Waals surface area (Å²) in [5, 5.41) is 3.10. The molecule has 1 fully saturated rings. The fourth-order valence-corrected chi connectivity index (χ4v) is 3.76. The van der Waals surface area contributed by atoms with E-state index < -0.39 is 6.04 Å². The molecule has 1 aliphatic carbocycles. The van der Waals surface area contributed by atoms with Gasteiger partial charge in [0.2, 0.25) is 5.91 Å². The third-order valence-electron chi connectivity index (χ3n) is 5.76. The average molecular weight is 425 g/mol. The molecule has 0 saturated heterocycles. The number of nitrogens with zero attached hydrogens (tertiary/aromatic N) is 1. The quantitative estimate of drug-likeness (QED) is 0.664. The molecule has 0 bridgehead atoms. The molecule has 1 unspecified atom stereocenters. The SMILES string of the molecule is COc1ccc(CN(C(=O)COc2ccc(C)cc2)C(C)C(=O)NC2CCCC2)cc1. The van der Waals surface area contributed by atoms with Gasteiger partial charge in [0, 0.05) is 12.6 Å². The van der Waals surface area contributed by atoms with E-state index in [2.05, 4.69) is 5.32 Å². The predicted molar refractivity (Wildman–Crippen MR) is 120 cm³/mol. The van der Waals surface area contributed by atoms with Gasteiger partial charge in [-0.05, 0) is 56.5 Å². The first kappa shape index (κ1) is 22.7. The van der Waals surface area contributed by atoms with Gasteiger partial charge in [-0.25, -0.2) is 0 Å². The lowest BCUT2D eigenvalue weighted by Gasteiger charge is -2.29. The second-order valence-corrected chi connectivity index (χ2v) is 8.14. The summed E-state index contributed by atoms with van der Waals surface area (Å²) in [5.74, 6) is 1.03. The van der Waals surface area contributed by atoms with Crippen LogP contribution in [0.15, 0.2) is 48.5 Å². The van der Waals surface area contributed by atoms with Crippen LogP contribution in [-0.2, 0) is 16.1 Å². The molecule has 1 aliphatic rings. The Morgan fingerprint density at radius 3 is 2.26 bits per heavy atom. The van der Waals surface area contributed by atoms with E-state index in [0.29, 0.717) is 12.3 Å². The minimum Gasteiger partial charge on any atom is -0.497 e. The molecule has 2 aromatic rings. The summed E-state index contributed by atoms with van der Waals surface area (Å²) >= 11 is 0. The van der Waals surface area contributed by atoms with Crippen molar-refractivity contribution in [1.29, 1.82) is 0 Å². The molecule has 0 radical (unpaired) electrons. The third kappa shape index (κ3) is 6.48. The Kier molecular flexibility index (Phi) is 7.93. The third-order valence-corrected chi connectivity index (χ3v) is 5.76. The van der Waals surface area contributed by atoms with Gasteiger partial charge in [-0.3, -0.25) is 9.59 Å². The molecular weight excluding hydrogens is 392 g/mol. The number of hydrogen-bond donors (Lipinski definition) is 1. The van der Waals surface area contributed by atoms with Crippen molar-refractivity contribution in [2.75, 3.05) is 13.7 Å². The highest BCUT2D eigenvalue weighted by Gasteiger charge is 2.28. The average Bonchev–Trinajstić information content (AvgIpc) is 3.30. The van der Waals surface area contributed by atoms with Crippen LogP contribution >= 0.6 is 0 Å². The van der Waals surface area contributed by atoms with Gasteiger partial charge < -0.3 is 19.7 Å². The fraction of sp³-hybridized carbons (Fsp3) is 0.440. The fourth-order valence-electron chi connectivity index (χ4n) is 3.76. The number of benzene rings is 2. The van der Waals surface area contributed by atoms with E-state index in [1.54, 1.807) is 18.9 Å². The van der Waals surface area contributed by atoms with Gasteiger partial charge in [0.05, 0.1) is 7.11 Å². The van der Waals surface area contributed by atoms with Gasteiger partial charge in [-0.2, -0.15) is 0 Å². The summed E-state index contributed by atoms with van der Waals surface area (Å²) in [5.41, 5.74) is 2.04. The van der Waals surface area contributed by atoms with Crippen LogP contribution < -0.4 is 14.8 Å². The number of ether oxygens (including phenoxy) is 2. The first-order chi connectivity index (χ1) is 15.0. The molecule has 1 saturated carbocycles. The number of aryl methyl sites for hydroxylation is 1. The Hall–Kier alpha value is -3.02. The number of amides is 2. The van der Waals surface area contributed by atoms with Crippen molar-refractivity contribution in [2.45, 2.75) is 58.2 Å². The van der Waals surface area contributed by atoms with Crippen molar-refractivity contribution in [2.24, 2.45) is 0 Å². The zero-order chi connectivity index (χ0) is 22.2. The smallest absolute Gasteiger partial charge is 0.261 e. The molecule has 6 nitrogen and oxygen atoms in total. The van der Waals surface area contributed by atoms with Crippen molar-refractivity contribution < 1.29 is 19.1 Å². The van der Waals surface area contributed by atoms with Gasteiger partial charge in [0.25, 0.3) is 5.91 Å². The summed E-state index contributed by atoms with van der Waals surface area (Å²) in [4.78, 5) is 27.6. The number of carbonyl (C=O) groups excluding carboxylic acids is 2. The summed E-state index contributed by atoms with van der Waals surface area (Å²) in [7, 11) is 1.61. The lowest BCUT2D eigenvalue weighted by atomic mass is 10.1. The van der Waals surface area contributed by atoms with Crippen LogP contribution in [0.3, 0.4) is 0 Å². The zero-order valence-electron chi connectivity index (χ0n) is 18.6. The van der Waals surface area contributed by atoms with Crippen molar-refractivity contribution in [3.8, 4) is 11.5 Å². The summed E-state index contributed by atoms with van der Waals surface area (Å²) in [6.45, 7) is 3.97. The lowest BCUT2D eigenvalue weighted by Crippen LogP contribution is -2.50. The molecule has 31 heavy (non-hydrogen) atoms. The highest BCUT2D eigenvalue weighted by molar-refractivity contribution is 5.88. The highest BCUT2D eigenvalue weighted by Crippen LogP contribution is 2.19. The maximum absolute atomic E-state index is 13.1. The number of carbonyl (C=O) groups is 2. The molecule has 3 rings (SSSR count). The largest absolute Gasteiger partial charge is 0.497 e. The minimum atomic E-state index is -0.600. The van der Waals surface area contributed by atoms with E-state index in [9.17, 15) is 9.59 Å². The van der Waals surface area contributed by atoms with Crippen LogP contribution in [0.25, 0.3) is 0 Å². The number of methoxy groups -OCH3 is 1. The molecule has 1 N–H and O–H groups in total. The molecule has 0 spiro atoms. The monoisotopic (exact) mass is 424 g/mol. The van der Waals surface area contributed by atoms with Crippen LogP contribution in [-0.4, -0.2) is 42.5 Å². The van der Waals surface area contributed by atoms with E-state index in [1.807, 2.05) is 55.5 Å². The Labute approximate surface area is 184 Å². The molecule has 0 aliphatic heterocycles. The van der Waals surface area contributed by atoms with E-state index in [4.69, 9.17) is 9.47 Å².